The first-order chi connectivity index (χ1) is 4.74. The minimum absolute atomic E-state index is 0.268. The van der Waals surface area contributed by atoms with E-state index in [1.807, 2.05) is 18.9 Å². The average Bonchev–Trinajstić information content (AvgIpc) is 2.34. The summed E-state index contributed by atoms with van der Waals surface area (Å²) >= 11 is 0. The molecule has 0 radical (unpaired) electrons. The molecule has 0 atom stereocenters. The summed E-state index contributed by atoms with van der Waals surface area (Å²) in [7, 11) is 2.03. The largest absolute Gasteiger partial charge is 0.328 e. The third-order valence-electron chi connectivity index (χ3n) is 1.82. The topological polar surface area (TPSA) is 23.6 Å². The standard InChI is InChI=1S/C7H14N2O/c1-3-7(10)9-5-4-8(2)6-9/h3-6H2,1-2H3. The maximum absolute atomic E-state index is 11.1. The molecule has 0 spiro atoms. The molecule has 58 valence electrons. The van der Waals surface area contributed by atoms with Gasteiger partial charge in [0.1, 0.15) is 0 Å². The highest BCUT2D eigenvalue weighted by atomic mass is 16.2. The van der Waals surface area contributed by atoms with Crippen molar-refractivity contribution in [3.05, 3.63) is 0 Å². The van der Waals surface area contributed by atoms with Crippen LogP contribution in [0, 0.1) is 0 Å². The average molecular weight is 142 g/mol. The predicted octanol–water partition coefficient (Wildman–Crippen LogP) is 0.128. The molecule has 0 saturated carbocycles. The second-order valence-electron chi connectivity index (χ2n) is 2.73. The summed E-state index contributed by atoms with van der Waals surface area (Å²) in [5.74, 6) is 0.268. The van der Waals surface area contributed by atoms with Crippen LogP contribution < -0.4 is 0 Å². The zero-order valence-corrected chi connectivity index (χ0v) is 6.63. The highest BCUT2D eigenvalue weighted by Gasteiger charge is 2.19. The molecule has 3 heteroatoms. The fourth-order valence-electron chi connectivity index (χ4n) is 1.15. The number of carbonyl (C=O) groups excluding carboxylic acids is 1. The molecular formula is C7H14N2O. The lowest BCUT2D eigenvalue weighted by molar-refractivity contribution is -0.130. The molecule has 3 nitrogen and oxygen atoms in total. The first-order valence-corrected chi connectivity index (χ1v) is 3.70. The van der Waals surface area contributed by atoms with Crippen LogP contribution in [-0.2, 0) is 4.79 Å². The summed E-state index contributed by atoms with van der Waals surface area (Å²) in [6, 6.07) is 0. The zero-order valence-electron chi connectivity index (χ0n) is 6.63. The monoisotopic (exact) mass is 142 g/mol. The molecular weight excluding hydrogens is 128 g/mol. The lowest BCUT2D eigenvalue weighted by Gasteiger charge is -2.13. The van der Waals surface area contributed by atoms with Crippen LogP contribution in [0.15, 0.2) is 0 Å². The number of carbonyl (C=O) groups is 1. The first kappa shape index (κ1) is 7.54. The van der Waals surface area contributed by atoms with Gasteiger partial charge in [-0.05, 0) is 7.05 Å². The molecule has 0 N–H and O–H groups in total. The van der Waals surface area contributed by atoms with Crippen molar-refractivity contribution >= 4 is 5.91 Å². The Kier molecular flexibility index (Phi) is 2.27. The van der Waals surface area contributed by atoms with Crippen LogP contribution in [-0.4, -0.2) is 42.5 Å². The number of amides is 1. The van der Waals surface area contributed by atoms with Crippen molar-refractivity contribution in [1.82, 2.24) is 9.80 Å². The summed E-state index contributed by atoms with van der Waals surface area (Å²) in [6.45, 7) is 4.64. The number of hydrogen-bond donors (Lipinski definition) is 0. The van der Waals surface area contributed by atoms with Gasteiger partial charge in [0.15, 0.2) is 0 Å². The fourth-order valence-corrected chi connectivity index (χ4v) is 1.15. The fraction of sp³-hybridized carbons (Fsp3) is 0.857. The number of hydrogen-bond acceptors (Lipinski definition) is 2. The SMILES string of the molecule is CCC(=O)N1CCN(C)C1. The Morgan fingerprint density at radius 3 is 2.60 bits per heavy atom. The number of rotatable bonds is 1. The van der Waals surface area contributed by atoms with Gasteiger partial charge in [-0.3, -0.25) is 9.69 Å². The van der Waals surface area contributed by atoms with Crippen LogP contribution in [0.3, 0.4) is 0 Å². The minimum atomic E-state index is 0.268. The molecule has 10 heavy (non-hydrogen) atoms. The van der Waals surface area contributed by atoms with Gasteiger partial charge in [-0.1, -0.05) is 6.92 Å². The van der Waals surface area contributed by atoms with Crippen LogP contribution in [0.2, 0.25) is 0 Å². The van der Waals surface area contributed by atoms with Gasteiger partial charge in [-0.25, -0.2) is 0 Å². The molecule has 0 aromatic carbocycles. The molecule has 0 aromatic heterocycles. The van der Waals surface area contributed by atoms with Gasteiger partial charge in [0.25, 0.3) is 0 Å². The van der Waals surface area contributed by atoms with E-state index in [-0.39, 0.29) is 5.91 Å². The van der Waals surface area contributed by atoms with E-state index >= 15 is 0 Å². The lowest BCUT2D eigenvalue weighted by Crippen LogP contribution is -2.29. The predicted molar refractivity (Wildman–Crippen MR) is 39.5 cm³/mol. The molecule has 1 aliphatic rings. The molecule has 1 saturated heterocycles. The van der Waals surface area contributed by atoms with Crippen molar-refractivity contribution in [3.63, 3.8) is 0 Å². The third-order valence-corrected chi connectivity index (χ3v) is 1.82. The first-order valence-electron chi connectivity index (χ1n) is 3.70. The van der Waals surface area contributed by atoms with E-state index in [2.05, 4.69) is 4.90 Å². The van der Waals surface area contributed by atoms with Gasteiger partial charge in [-0.2, -0.15) is 0 Å². The molecule has 1 aliphatic heterocycles. The quantitative estimate of drug-likeness (QED) is 0.519. The van der Waals surface area contributed by atoms with E-state index in [1.54, 1.807) is 0 Å². The van der Waals surface area contributed by atoms with Crippen LogP contribution >= 0.6 is 0 Å². The van der Waals surface area contributed by atoms with Crippen LogP contribution in [0.1, 0.15) is 13.3 Å². The van der Waals surface area contributed by atoms with Crippen molar-refractivity contribution in [2.24, 2.45) is 0 Å². The van der Waals surface area contributed by atoms with Gasteiger partial charge < -0.3 is 4.90 Å². The second kappa shape index (κ2) is 3.01. The van der Waals surface area contributed by atoms with Gasteiger partial charge in [0, 0.05) is 19.5 Å². The highest BCUT2D eigenvalue weighted by Crippen LogP contribution is 2.02. The minimum Gasteiger partial charge on any atom is -0.328 e. The number of nitrogens with zero attached hydrogens (tertiary/aromatic N) is 2. The van der Waals surface area contributed by atoms with E-state index in [0.717, 1.165) is 19.8 Å². The van der Waals surface area contributed by atoms with Gasteiger partial charge >= 0.3 is 0 Å². The molecule has 0 aromatic rings. The van der Waals surface area contributed by atoms with E-state index in [9.17, 15) is 4.79 Å². The van der Waals surface area contributed by atoms with Crippen LogP contribution in [0.5, 0.6) is 0 Å². The molecule has 1 heterocycles. The Morgan fingerprint density at radius 2 is 2.20 bits per heavy atom. The van der Waals surface area contributed by atoms with Crippen molar-refractivity contribution in [2.75, 3.05) is 26.8 Å². The van der Waals surface area contributed by atoms with Crippen molar-refractivity contribution in [3.8, 4) is 0 Å². The highest BCUT2D eigenvalue weighted by molar-refractivity contribution is 5.75. The lowest BCUT2D eigenvalue weighted by atomic mass is 10.4. The van der Waals surface area contributed by atoms with E-state index < -0.39 is 0 Å². The van der Waals surface area contributed by atoms with Crippen LogP contribution in [0.4, 0.5) is 0 Å². The molecule has 1 amide bonds. The Morgan fingerprint density at radius 1 is 1.50 bits per heavy atom. The smallest absolute Gasteiger partial charge is 0.223 e. The van der Waals surface area contributed by atoms with E-state index in [0.29, 0.717) is 6.42 Å². The summed E-state index contributed by atoms with van der Waals surface area (Å²) in [6.07, 6.45) is 0.633. The Balaban J connectivity index is 2.37. The summed E-state index contributed by atoms with van der Waals surface area (Å²) in [5.41, 5.74) is 0. The summed E-state index contributed by atoms with van der Waals surface area (Å²) in [5, 5.41) is 0. The van der Waals surface area contributed by atoms with Gasteiger partial charge in [-0.15, -0.1) is 0 Å². The Hall–Kier alpha value is -0.570. The Bertz CT molecular complexity index is 136. The molecule has 0 aliphatic carbocycles. The van der Waals surface area contributed by atoms with Crippen molar-refractivity contribution in [1.29, 1.82) is 0 Å². The van der Waals surface area contributed by atoms with Gasteiger partial charge in [0.2, 0.25) is 5.91 Å². The molecule has 0 bridgehead atoms. The molecule has 1 rings (SSSR count). The number of likely N-dealkylation sites (N-methyl/N-ethyl adjacent to an activating group) is 1. The molecule has 1 fully saturated rings. The maximum Gasteiger partial charge on any atom is 0.223 e. The normalized spacial score (nSPS) is 20.0. The third kappa shape index (κ3) is 1.48. The van der Waals surface area contributed by atoms with Crippen LogP contribution in [0.25, 0.3) is 0 Å². The second-order valence-corrected chi connectivity index (χ2v) is 2.73. The maximum atomic E-state index is 11.1. The van der Waals surface area contributed by atoms with E-state index in [4.69, 9.17) is 0 Å². The van der Waals surface area contributed by atoms with Crippen molar-refractivity contribution in [2.45, 2.75) is 13.3 Å². The van der Waals surface area contributed by atoms with E-state index in [1.165, 1.54) is 0 Å². The summed E-state index contributed by atoms with van der Waals surface area (Å²) in [4.78, 5) is 15.1. The zero-order chi connectivity index (χ0) is 7.56. The van der Waals surface area contributed by atoms with Gasteiger partial charge in [0.05, 0.1) is 6.67 Å². The Labute approximate surface area is 61.6 Å². The summed E-state index contributed by atoms with van der Waals surface area (Å²) < 4.78 is 0. The van der Waals surface area contributed by atoms with Crippen molar-refractivity contribution < 1.29 is 4.79 Å². The molecule has 0 unspecified atom stereocenters.